The van der Waals surface area contributed by atoms with Crippen molar-refractivity contribution in [1.29, 1.82) is 0 Å². The number of rotatable bonds is 4. The summed E-state index contributed by atoms with van der Waals surface area (Å²) in [5, 5.41) is 2.62. The van der Waals surface area contributed by atoms with Gasteiger partial charge in [0.2, 0.25) is 10.0 Å². The topological polar surface area (TPSA) is 69.7 Å². The smallest absolute Gasteiger partial charge is 0.255 e. The maximum atomic E-state index is 13.1. The van der Waals surface area contributed by atoms with E-state index in [2.05, 4.69) is 10.2 Å². The van der Waals surface area contributed by atoms with Gasteiger partial charge in [-0.05, 0) is 43.4 Å². The van der Waals surface area contributed by atoms with Crippen LogP contribution in [0.3, 0.4) is 0 Å². The van der Waals surface area contributed by atoms with Gasteiger partial charge >= 0.3 is 0 Å². The first-order valence-electron chi connectivity index (χ1n) is 8.32. The van der Waals surface area contributed by atoms with Crippen molar-refractivity contribution in [2.24, 2.45) is 0 Å². The highest BCUT2D eigenvalue weighted by Crippen LogP contribution is 2.24. The summed E-state index contributed by atoms with van der Waals surface area (Å²) in [6, 6.07) is 9.44. The molecule has 0 bridgehead atoms. The van der Waals surface area contributed by atoms with E-state index in [0.717, 1.165) is 6.07 Å². The summed E-state index contributed by atoms with van der Waals surface area (Å²) < 4.78 is 40.2. The Morgan fingerprint density at radius 2 is 1.81 bits per heavy atom. The Kier molecular flexibility index (Phi) is 5.81. The number of carbonyl (C=O) groups excluding carboxylic acids is 1. The van der Waals surface area contributed by atoms with Gasteiger partial charge in [0, 0.05) is 31.7 Å². The van der Waals surface area contributed by atoms with Crippen LogP contribution in [0.2, 0.25) is 5.02 Å². The summed E-state index contributed by atoms with van der Waals surface area (Å²) in [7, 11) is -1.74. The van der Waals surface area contributed by atoms with E-state index < -0.39 is 21.7 Å². The van der Waals surface area contributed by atoms with Crippen LogP contribution in [-0.4, -0.2) is 56.8 Å². The van der Waals surface area contributed by atoms with Crippen LogP contribution in [-0.2, 0) is 10.0 Å². The van der Waals surface area contributed by atoms with E-state index >= 15 is 0 Å². The van der Waals surface area contributed by atoms with Gasteiger partial charge < -0.3 is 10.2 Å². The summed E-state index contributed by atoms with van der Waals surface area (Å²) in [6.07, 6.45) is 0. The molecule has 144 valence electrons. The fourth-order valence-electron chi connectivity index (χ4n) is 2.76. The normalized spacial score (nSPS) is 16.3. The second-order valence-electron chi connectivity index (χ2n) is 6.31. The van der Waals surface area contributed by atoms with Crippen LogP contribution in [0.25, 0.3) is 0 Å². The number of sulfonamides is 1. The molecule has 1 fully saturated rings. The number of hydrogen-bond donors (Lipinski definition) is 1. The zero-order chi connectivity index (χ0) is 19.6. The average molecular weight is 412 g/mol. The highest BCUT2D eigenvalue weighted by atomic mass is 35.5. The number of halogens is 2. The van der Waals surface area contributed by atoms with E-state index in [1.807, 2.05) is 7.05 Å². The lowest BCUT2D eigenvalue weighted by Gasteiger charge is -2.31. The van der Waals surface area contributed by atoms with Crippen molar-refractivity contribution in [1.82, 2.24) is 9.21 Å². The Bertz CT molecular complexity index is 960. The molecule has 1 N–H and O–H groups in total. The van der Waals surface area contributed by atoms with Gasteiger partial charge in [-0.15, -0.1) is 0 Å². The number of likely N-dealkylation sites (N-methyl/N-ethyl adjacent to an activating group) is 1. The van der Waals surface area contributed by atoms with Crippen LogP contribution in [0.1, 0.15) is 10.4 Å². The second kappa shape index (κ2) is 7.93. The van der Waals surface area contributed by atoms with Crippen molar-refractivity contribution in [3.05, 3.63) is 58.9 Å². The van der Waals surface area contributed by atoms with Crippen LogP contribution in [0.4, 0.5) is 10.1 Å². The molecule has 0 aliphatic carbocycles. The molecule has 2 aromatic rings. The summed E-state index contributed by atoms with van der Waals surface area (Å²) in [5.41, 5.74) is 0.418. The lowest BCUT2D eigenvalue weighted by atomic mass is 10.2. The Hall–Kier alpha value is -2.00. The Balaban J connectivity index is 1.81. The number of piperazine rings is 1. The highest BCUT2D eigenvalue weighted by molar-refractivity contribution is 7.89. The van der Waals surface area contributed by atoms with E-state index in [4.69, 9.17) is 11.6 Å². The van der Waals surface area contributed by atoms with Crippen molar-refractivity contribution in [2.45, 2.75) is 4.90 Å². The number of nitrogens with zero attached hydrogens (tertiary/aromatic N) is 2. The predicted molar refractivity (Wildman–Crippen MR) is 102 cm³/mol. The molecule has 3 rings (SSSR count). The molecule has 0 radical (unpaired) electrons. The predicted octanol–water partition coefficient (Wildman–Crippen LogP) is 2.67. The van der Waals surface area contributed by atoms with Crippen LogP contribution in [0, 0.1) is 5.82 Å². The molecular weight excluding hydrogens is 393 g/mol. The number of amides is 1. The first kappa shape index (κ1) is 19.8. The first-order valence-corrected chi connectivity index (χ1v) is 10.1. The van der Waals surface area contributed by atoms with Crippen molar-refractivity contribution >= 4 is 33.2 Å². The van der Waals surface area contributed by atoms with Gasteiger partial charge in [-0.3, -0.25) is 4.79 Å². The monoisotopic (exact) mass is 411 g/mol. The van der Waals surface area contributed by atoms with Gasteiger partial charge in [-0.2, -0.15) is 4.31 Å². The molecule has 1 saturated heterocycles. The molecule has 1 aliphatic rings. The second-order valence-corrected chi connectivity index (χ2v) is 8.66. The van der Waals surface area contributed by atoms with E-state index in [1.165, 1.54) is 40.7 Å². The Morgan fingerprint density at radius 3 is 2.48 bits per heavy atom. The lowest BCUT2D eigenvalue weighted by molar-refractivity contribution is 0.102. The summed E-state index contributed by atoms with van der Waals surface area (Å²) >= 11 is 5.92. The fraction of sp³-hybridized carbons (Fsp3) is 0.278. The third-order valence-corrected chi connectivity index (χ3v) is 6.58. The van der Waals surface area contributed by atoms with Crippen molar-refractivity contribution in [3.63, 3.8) is 0 Å². The minimum Gasteiger partial charge on any atom is -0.321 e. The van der Waals surface area contributed by atoms with Gasteiger partial charge in [0.05, 0.1) is 15.6 Å². The Labute approximate surface area is 162 Å². The van der Waals surface area contributed by atoms with Gasteiger partial charge in [-0.25, -0.2) is 12.8 Å². The average Bonchev–Trinajstić information content (AvgIpc) is 2.64. The van der Waals surface area contributed by atoms with Gasteiger partial charge in [0.1, 0.15) is 5.82 Å². The molecule has 2 aromatic carbocycles. The fourth-order valence-corrected chi connectivity index (χ4v) is 4.44. The van der Waals surface area contributed by atoms with Crippen molar-refractivity contribution in [3.8, 4) is 0 Å². The van der Waals surface area contributed by atoms with Gasteiger partial charge in [-0.1, -0.05) is 17.7 Å². The zero-order valence-electron chi connectivity index (χ0n) is 14.7. The molecule has 0 spiro atoms. The third kappa shape index (κ3) is 4.47. The number of carbonyl (C=O) groups is 1. The first-order chi connectivity index (χ1) is 12.8. The molecular formula is C18H19ClFN3O3S. The van der Waals surface area contributed by atoms with E-state index in [0.29, 0.717) is 26.2 Å². The SMILES string of the molecule is CN1CCN(S(=O)(=O)c2cccc(C(=O)Nc3ccc(F)cc3Cl)c2)CC1. The molecule has 0 atom stereocenters. The van der Waals surface area contributed by atoms with Crippen LogP contribution < -0.4 is 5.32 Å². The van der Waals surface area contributed by atoms with Crippen LogP contribution in [0.15, 0.2) is 47.4 Å². The molecule has 1 heterocycles. The number of nitrogens with one attached hydrogen (secondary N) is 1. The minimum absolute atomic E-state index is 0.0598. The molecule has 27 heavy (non-hydrogen) atoms. The number of benzene rings is 2. The van der Waals surface area contributed by atoms with Crippen LogP contribution >= 0.6 is 11.6 Å². The summed E-state index contributed by atoms with van der Waals surface area (Å²) in [6.45, 7) is 2.12. The van der Waals surface area contributed by atoms with E-state index in [1.54, 1.807) is 0 Å². The summed E-state index contributed by atoms with van der Waals surface area (Å²) in [4.78, 5) is 14.6. The quantitative estimate of drug-likeness (QED) is 0.839. The van der Waals surface area contributed by atoms with Crippen molar-refractivity contribution in [2.75, 3.05) is 38.5 Å². The molecule has 0 unspecified atom stereocenters. The van der Waals surface area contributed by atoms with Crippen molar-refractivity contribution < 1.29 is 17.6 Å². The molecule has 1 amide bonds. The standard InChI is InChI=1S/C18H19ClFN3O3S/c1-22-7-9-23(10-8-22)27(25,26)15-4-2-3-13(11-15)18(24)21-17-6-5-14(20)12-16(17)19/h2-6,11-12H,7-10H2,1H3,(H,21,24). The Morgan fingerprint density at radius 1 is 1.11 bits per heavy atom. The maximum absolute atomic E-state index is 13.1. The molecule has 0 saturated carbocycles. The highest BCUT2D eigenvalue weighted by Gasteiger charge is 2.28. The number of hydrogen-bond acceptors (Lipinski definition) is 4. The molecule has 1 aliphatic heterocycles. The zero-order valence-corrected chi connectivity index (χ0v) is 16.2. The van der Waals surface area contributed by atoms with Gasteiger partial charge in [0.15, 0.2) is 0 Å². The van der Waals surface area contributed by atoms with Gasteiger partial charge in [0.25, 0.3) is 5.91 Å². The molecule has 9 heteroatoms. The lowest BCUT2D eigenvalue weighted by Crippen LogP contribution is -2.47. The summed E-state index contributed by atoms with van der Waals surface area (Å²) in [5.74, 6) is -1.04. The largest absolute Gasteiger partial charge is 0.321 e. The maximum Gasteiger partial charge on any atom is 0.255 e. The third-order valence-electron chi connectivity index (χ3n) is 4.38. The molecule has 0 aromatic heterocycles. The van der Waals surface area contributed by atoms with E-state index in [-0.39, 0.29) is 21.2 Å². The minimum atomic E-state index is -3.68. The number of anilines is 1. The van der Waals surface area contributed by atoms with Crippen LogP contribution in [0.5, 0.6) is 0 Å². The van der Waals surface area contributed by atoms with E-state index in [9.17, 15) is 17.6 Å². The molecule has 6 nitrogen and oxygen atoms in total.